The van der Waals surface area contributed by atoms with Crippen LogP contribution in [0, 0.1) is 29.2 Å². The molecule has 1 N–H and O–H groups in total. The first-order valence-corrected chi connectivity index (χ1v) is 8.37. The molecule has 0 amide bonds. The van der Waals surface area contributed by atoms with Gasteiger partial charge in [0.25, 0.3) is 0 Å². The third kappa shape index (κ3) is 4.79. The number of halogens is 6. The van der Waals surface area contributed by atoms with Gasteiger partial charge in [0.05, 0.1) is 0 Å². The highest BCUT2D eigenvalue weighted by Crippen LogP contribution is 2.41. The number of hydrogen-bond donors (Lipinski definition) is 1. The van der Waals surface area contributed by atoms with E-state index in [-0.39, 0.29) is 30.7 Å². The standard InChI is InChI=1S/C17H22F4N2.2ClH/c18-12-10-13(19)16(21)14(15(12)20)17(11-4-2-1-3-5-11)23-8-6-22-7-9-23;;/h10-11,17,22H,1-9H2;2*1H/t17-;;/m1../s1. The molecule has 2 fully saturated rings. The smallest absolute Gasteiger partial charge is 0.166 e. The second-order valence-corrected chi connectivity index (χ2v) is 6.51. The lowest BCUT2D eigenvalue weighted by Gasteiger charge is -2.41. The molecule has 144 valence electrons. The number of nitrogens with one attached hydrogen (secondary N) is 1. The topological polar surface area (TPSA) is 15.3 Å². The van der Waals surface area contributed by atoms with E-state index in [4.69, 9.17) is 0 Å². The summed E-state index contributed by atoms with van der Waals surface area (Å²) in [6.45, 7) is 2.67. The molecule has 25 heavy (non-hydrogen) atoms. The van der Waals surface area contributed by atoms with E-state index in [1.165, 1.54) is 0 Å². The summed E-state index contributed by atoms with van der Waals surface area (Å²) in [7, 11) is 0. The zero-order chi connectivity index (χ0) is 16.4. The minimum atomic E-state index is -1.31. The maximum Gasteiger partial charge on any atom is 0.166 e. The van der Waals surface area contributed by atoms with Gasteiger partial charge in [-0.1, -0.05) is 19.3 Å². The van der Waals surface area contributed by atoms with Crippen LogP contribution in [0.15, 0.2) is 6.07 Å². The van der Waals surface area contributed by atoms with Crippen molar-refractivity contribution in [2.24, 2.45) is 5.92 Å². The minimum absolute atomic E-state index is 0. The lowest BCUT2D eigenvalue weighted by Crippen LogP contribution is -2.47. The molecule has 1 aromatic carbocycles. The Bertz CT molecular complexity index is 518. The Morgan fingerprint density at radius 2 is 1.40 bits per heavy atom. The molecule has 1 saturated carbocycles. The van der Waals surface area contributed by atoms with E-state index in [9.17, 15) is 17.6 Å². The summed E-state index contributed by atoms with van der Waals surface area (Å²) in [6, 6.07) is -0.299. The van der Waals surface area contributed by atoms with Crippen LogP contribution in [0.5, 0.6) is 0 Å². The van der Waals surface area contributed by atoms with Gasteiger partial charge in [-0.3, -0.25) is 4.90 Å². The molecule has 1 aliphatic heterocycles. The quantitative estimate of drug-likeness (QED) is 0.586. The second kappa shape index (κ2) is 9.95. The van der Waals surface area contributed by atoms with Gasteiger partial charge in [0, 0.05) is 43.9 Å². The van der Waals surface area contributed by atoms with Crippen LogP contribution in [0.25, 0.3) is 0 Å². The summed E-state index contributed by atoms with van der Waals surface area (Å²) in [6.07, 6.45) is 4.77. The highest BCUT2D eigenvalue weighted by atomic mass is 35.5. The minimum Gasteiger partial charge on any atom is -0.314 e. The molecular formula is C17H24Cl2F4N2. The number of hydrogen-bond acceptors (Lipinski definition) is 2. The van der Waals surface area contributed by atoms with Crippen LogP contribution in [0.3, 0.4) is 0 Å². The van der Waals surface area contributed by atoms with Crippen LogP contribution in [0.1, 0.15) is 43.7 Å². The Morgan fingerprint density at radius 3 is 1.92 bits per heavy atom. The van der Waals surface area contributed by atoms with Gasteiger partial charge in [-0.2, -0.15) is 0 Å². The van der Waals surface area contributed by atoms with E-state index in [0.717, 1.165) is 32.1 Å². The molecule has 1 aromatic rings. The van der Waals surface area contributed by atoms with Crippen molar-refractivity contribution in [2.75, 3.05) is 26.2 Å². The molecule has 1 atom stereocenters. The zero-order valence-corrected chi connectivity index (χ0v) is 15.5. The lowest BCUT2D eigenvalue weighted by atomic mass is 9.79. The van der Waals surface area contributed by atoms with Crippen LogP contribution >= 0.6 is 24.8 Å². The molecule has 0 unspecified atom stereocenters. The van der Waals surface area contributed by atoms with Crippen molar-refractivity contribution in [1.29, 1.82) is 0 Å². The van der Waals surface area contributed by atoms with Crippen LogP contribution in [-0.4, -0.2) is 31.1 Å². The summed E-state index contributed by atoms with van der Waals surface area (Å²) < 4.78 is 56.2. The number of benzene rings is 1. The van der Waals surface area contributed by atoms with Crippen molar-refractivity contribution in [2.45, 2.75) is 38.1 Å². The molecule has 2 aliphatic rings. The number of rotatable bonds is 3. The van der Waals surface area contributed by atoms with E-state index >= 15 is 0 Å². The molecule has 0 radical (unpaired) electrons. The van der Waals surface area contributed by atoms with E-state index in [0.29, 0.717) is 32.2 Å². The fraction of sp³-hybridized carbons (Fsp3) is 0.647. The molecule has 8 heteroatoms. The van der Waals surface area contributed by atoms with Crippen molar-refractivity contribution in [3.05, 3.63) is 34.9 Å². The van der Waals surface area contributed by atoms with Crippen molar-refractivity contribution in [3.8, 4) is 0 Å². The Kier molecular flexibility index (Phi) is 8.95. The molecule has 2 nitrogen and oxygen atoms in total. The lowest BCUT2D eigenvalue weighted by molar-refractivity contribution is 0.0962. The highest BCUT2D eigenvalue weighted by molar-refractivity contribution is 5.85. The molecule has 1 saturated heterocycles. The number of piperazine rings is 1. The van der Waals surface area contributed by atoms with Gasteiger partial charge >= 0.3 is 0 Å². The summed E-state index contributed by atoms with van der Waals surface area (Å²) in [5.74, 6) is -5.06. The first-order chi connectivity index (χ1) is 11.1. The fourth-order valence-corrected chi connectivity index (χ4v) is 3.98. The summed E-state index contributed by atoms with van der Waals surface area (Å²) in [5.41, 5.74) is -0.420. The van der Waals surface area contributed by atoms with Crippen LogP contribution in [-0.2, 0) is 0 Å². The van der Waals surface area contributed by atoms with Gasteiger partial charge in [-0.25, -0.2) is 17.6 Å². The molecule has 0 aromatic heterocycles. The summed E-state index contributed by atoms with van der Waals surface area (Å²) in [5, 5.41) is 3.20. The van der Waals surface area contributed by atoms with Gasteiger partial charge in [-0.05, 0) is 18.8 Å². The second-order valence-electron chi connectivity index (χ2n) is 6.51. The zero-order valence-electron chi connectivity index (χ0n) is 13.9. The van der Waals surface area contributed by atoms with Gasteiger partial charge in [-0.15, -0.1) is 24.8 Å². The van der Waals surface area contributed by atoms with Gasteiger partial charge in [0.1, 0.15) is 0 Å². The molecular weight excluding hydrogens is 379 g/mol. The van der Waals surface area contributed by atoms with E-state index in [1.807, 2.05) is 4.90 Å². The van der Waals surface area contributed by atoms with Crippen LogP contribution in [0.2, 0.25) is 0 Å². The SMILES string of the molecule is Cl.Cl.Fc1cc(F)c(F)c([C@@H](C2CCCCC2)N2CCNCC2)c1F. The summed E-state index contributed by atoms with van der Waals surface area (Å²) in [4.78, 5) is 1.98. The first kappa shape index (κ1) is 22.5. The molecule has 0 spiro atoms. The maximum atomic E-state index is 14.4. The van der Waals surface area contributed by atoms with Crippen LogP contribution in [0.4, 0.5) is 17.6 Å². The van der Waals surface area contributed by atoms with Crippen molar-refractivity contribution >= 4 is 24.8 Å². The third-order valence-corrected chi connectivity index (χ3v) is 5.08. The van der Waals surface area contributed by atoms with Crippen molar-refractivity contribution in [1.82, 2.24) is 10.2 Å². The fourth-order valence-electron chi connectivity index (χ4n) is 3.98. The maximum absolute atomic E-state index is 14.4. The summed E-state index contributed by atoms with van der Waals surface area (Å²) >= 11 is 0. The molecule has 0 bridgehead atoms. The average Bonchev–Trinajstić information content (AvgIpc) is 2.58. The molecule has 1 heterocycles. The first-order valence-electron chi connectivity index (χ1n) is 8.37. The Balaban J connectivity index is 0.00000156. The molecule has 1 aliphatic carbocycles. The molecule has 3 rings (SSSR count). The predicted octanol–water partition coefficient (Wildman–Crippen LogP) is 4.61. The Morgan fingerprint density at radius 1 is 0.880 bits per heavy atom. The average molecular weight is 403 g/mol. The predicted molar refractivity (Wildman–Crippen MR) is 94.5 cm³/mol. The van der Waals surface area contributed by atoms with Gasteiger partial charge < -0.3 is 5.32 Å². The van der Waals surface area contributed by atoms with Crippen LogP contribution < -0.4 is 5.32 Å². The van der Waals surface area contributed by atoms with Gasteiger partial charge in [0.15, 0.2) is 23.3 Å². The normalized spacial score (nSPS) is 20.5. The van der Waals surface area contributed by atoms with Gasteiger partial charge in [0.2, 0.25) is 0 Å². The van der Waals surface area contributed by atoms with Crippen molar-refractivity contribution in [3.63, 3.8) is 0 Å². The monoisotopic (exact) mass is 402 g/mol. The number of nitrogens with zero attached hydrogens (tertiary/aromatic N) is 1. The Labute approximate surface area is 158 Å². The highest BCUT2D eigenvalue weighted by Gasteiger charge is 2.36. The third-order valence-electron chi connectivity index (χ3n) is 5.08. The Hall–Kier alpha value is -0.560. The largest absolute Gasteiger partial charge is 0.314 e. The van der Waals surface area contributed by atoms with E-state index < -0.39 is 34.9 Å². The van der Waals surface area contributed by atoms with E-state index in [1.54, 1.807) is 0 Å². The van der Waals surface area contributed by atoms with E-state index in [2.05, 4.69) is 5.32 Å². The van der Waals surface area contributed by atoms with Crippen molar-refractivity contribution < 1.29 is 17.6 Å².